The molecule has 0 unspecified atom stereocenters. The number of carbonyl (C=O) groups excluding carboxylic acids is 3. The average molecular weight is 390 g/mol. The van der Waals surface area contributed by atoms with E-state index >= 15 is 0 Å². The van der Waals surface area contributed by atoms with Gasteiger partial charge in [-0.3, -0.25) is 14.4 Å². The minimum absolute atomic E-state index is 0.107. The van der Waals surface area contributed by atoms with Crippen molar-refractivity contribution in [1.82, 2.24) is 10.2 Å². The first-order valence-corrected chi connectivity index (χ1v) is 10.4. The molecule has 7 heteroatoms. The molecular weight excluding hydrogens is 360 g/mol. The van der Waals surface area contributed by atoms with E-state index in [1.807, 2.05) is 4.90 Å². The van der Waals surface area contributed by atoms with Gasteiger partial charge in [0.2, 0.25) is 0 Å². The van der Waals surface area contributed by atoms with Crippen LogP contribution in [0.5, 0.6) is 0 Å². The summed E-state index contributed by atoms with van der Waals surface area (Å²) in [4.78, 5) is 38.7. The zero-order valence-electron chi connectivity index (χ0n) is 16.4. The highest BCUT2D eigenvalue weighted by Crippen LogP contribution is 2.30. The van der Waals surface area contributed by atoms with Crippen LogP contribution in [0.3, 0.4) is 0 Å². The molecule has 2 saturated carbocycles. The minimum Gasteiger partial charge on any atom is -0.459 e. The molecule has 0 bridgehead atoms. The summed E-state index contributed by atoms with van der Waals surface area (Å²) in [6.45, 7) is -0.553. The maximum atomic E-state index is 12.9. The number of nitrogens with one attached hydrogen (secondary N) is 1. The molecule has 1 N–H and O–H groups in total. The standard InChI is InChI=1S/C21H30N2O5/c24-19(15-28-20(25)14-22-21(26)18-12-7-13-27-18)23(16-8-3-1-4-9-16)17-10-5-2-6-11-17/h7,12-13,16-17H,1-6,8-11,14-15H2,(H,22,26). The molecule has 154 valence electrons. The van der Waals surface area contributed by atoms with Gasteiger partial charge in [0, 0.05) is 12.1 Å². The van der Waals surface area contributed by atoms with Crippen LogP contribution in [-0.2, 0) is 14.3 Å². The van der Waals surface area contributed by atoms with Crippen LogP contribution < -0.4 is 5.32 Å². The van der Waals surface area contributed by atoms with Crippen LogP contribution in [-0.4, -0.2) is 47.9 Å². The van der Waals surface area contributed by atoms with E-state index in [9.17, 15) is 14.4 Å². The van der Waals surface area contributed by atoms with Crippen molar-refractivity contribution >= 4 is 17.8 Å². The molecule has 7 nitrogen and oxygen atoms in total. The first-order valence-electron chi connectivity index (χ1n) is 10.4. The highest BCUT2D eigenvalue weighted by Gasteiger charge is 2.32. The third-order valence-corrected chi connectivity index (χ3v) is 5.72. The third kappa shape index (κ3) is 5.59. The first-order chi connectivity index (χ1) is 13.6. The SMILES string of the molecule is O=C(CNC(=O)c1ccco1)OCC(=O)N(C1CCCCC1)C1CCCCC1. The number of furan rings is 1. The second-order valence-corrected chi connectivity index (χ2v) is 7.71. The van der Waals surface area contributed by atoms with Crippen molar-refractivity contribution in [2.24, 2.45) is 0 Å². The monoisotopic (exact) mass is 390 g/mol. The predicted molar refractivity (Wildman–Crippen MR) is 103 cm³/mol. The Hall–Kier alpha value is -2.31. The van der Waals surface area contributed by atoms with Gasteiger partial charge in [0.15, 0.2) is 12.4 Å². The molecule has 0 radical (unpaired) electrons. The Morgan fingerprint density at radius 1 is 1.00 bits per heavy atom. The summed E-state index contributed by atoms with van der Waals surface area (Å²) in [6.07, 6.45) is 12.6. The van der Waals surface area contributed by atoms with Crippen molar-refractivity contribution in [3.8, 4) is 0 Å². The van der Waals surface area contributed by atoms with E-state index in [4.69, 9.17) is 9.15 Å². The molecule has 3 rings (SSSR count). The van der Waals surface area contributed by atoms with Gasteiger partial charge in [0.25, 0.3) is 11.8 Å². The summed E-state index contributed by atoms with van der Waals surface area (Å²) in [5.74, 6) is -1.09. The Kier molecular flexibility index (Phi) is 7.51. The Morgan fingerprint density at radius 2 is 1.61 bits per heavy atom. The second-order valence-electron chi connectivity index (χ2n) is 7.71. The number of rotatable bonds is 7. The molecule has 1 heterocycles. The van der Waals surface area contributed by atoms with Gasteiger partial charge in [-0.05, 0) is 37.8 Å². The normalized spacial score (nSPS) is 18.4. The molecule has 1 aromatic heterocycles. The Labute approximate surface area is 165 Å². The fourth-order valence-electron chi connectivity index (χ4n) is 4.34. The number of nitrogens with zero attached hydrogens (tertiary/aromatic N) is 1. The van der Waals surface area contributed by atoms with E-state index in [1.54, 1.807) is 6.07 Å². The smallest absolute Gasteiger partial charge is 0.325 e. The van der Waals surface area contributed by atoms with E-state index in [-0.39, 0.29) is 36.9 Å². The zero-order valence-corrected chi connectivity index (χ0v) is 16.4. The molecule has 0 spiro atoms. The van der Waals surface area contributed by atoms with Gasteiger partial charge in [0.05, 0.1) is 6.26 Å². The third-order valence-electron chi connectivity index (χ3n) is 5.72. The number of amides is 2. The Bertz CT molecular complexity index is 628. The van der Waals surface area contributed by atoms with Crippen LogP contribution in [0.2, 0.25) is 0 Å². The fraction of sp³-hybridized carbons (Fsp3) is 0.667. The van der Waals surface area contributed by atoms with Gasteiger partial charge in [-0.15, -0.1) is 0 Å². The van der Waals surface area contributed by atoms with Crippen LogP contribution in [0.1, 0.15) is 74.8 Å². The van der Waals surface area contributed by atoms with E-state index in [2.05, 4.69) is 5.32 Å². The summed E-state index contributed by atoms with van der Waals surface area (Å²) in [7, 11) is 0. The van der Waals surface area contributed by atoms with Crippen LogP contribution in [0.4, 0.5) is 0 Å². The van der Waals surface area contributed by atoms with Crippen molar-refractivity contribution in [1.29, 1.82) is 0 Å². The van der Waals surface area contributed by atoms with Gasteiger partial charge < -0.3 is 19.4 Å². The minimum atomic E-state index is -0.625. The molecule has 1 aromatic rings. The van der Waals surface area contributed by atoms with Crippen LogP contribution >= 0.6 is 0 Å². The molecule has 2 amide bonds. The first kappa shape index (κ1) is 20.4. The van der Waals surface area contributed by atoms with Crippen LogP contribution in [0.25, 0.3) is 0 Å². The number of hydrogen-bond donors (Lipinski definition) is 1. The lowest BCUT2D eigenvalue weighted by Gasteiger charge is -2.41. The molecule has 2 fully saturated rings. The number of ether oxygens (including phenoxy) is 1. The number of carbonyl (C=O) groups is 3. The summed E-state index contributed by atoms with van der Waals surface area (Å²) in [5.41, 5.74) is 0. The molecule has 0 saturated heterocycles. The molecule has 0 atom stereocenters. The fourth-order valence-corrected chi connectivity index (χ4v) is 4.34. The lowest BCUT2D eigenvalue weighted by molar-refractivity contribution is -0.154. The van der Waals surface area contributed by atoms with Crippen molar-refractivity contribution in [2.45, 2.75) is 76.3 Å². The molecule has 0 aliphatic heterocycles. The molecule has 2 aliphatic rings. The van der Waals surface area contributed by atoms with E-state index < -0.39 is 11.9 Å². The van der Waals surface area contributed by atoms with E-state index in [0.717, 1.165) is 51.4 Å². The Balaban J connectivity index is 1.49. The average Bonchev–Trinajstić information content (AvgIpc) is 3.27. The van der Waals surface area contributed by atoms with E-state index in [0.29, 0.717) is 0 Å². The van der Waals surface area contributed by atoms with Crippen LogP contribution in [0.15, 0.2) is 22.8 Å². The van der Waals surface area contributed by atoms with Crippen molar-refractivity contribution in [2.75, 3.05) is 13.2 Å². The zero-order chi connectivity index (χ0) is 19.8. The quantitative estimate of drug-likeness (QED) is 0.723. The molecule has 0 aromatic carbocycles. The van der Waals surface area contributed by atoms with Crippen molar-refractivity contribution < 1.29 is 23.5 Å². The lowest BCUT2D eigenvalue weighted by Crippen LogP contribution is -2.50. The second kappa shape index (κ2) is 10.3. The molecular formula is C21H30N2O5. The topological polar surface area (TPSA) is 88.9 Å². The summed E-state index contributed by atoms with van der Waals surface area (Å²) in [5, 5.41) is 2.43. The van der Waals surface area contributed by atoms with Gasteiger partial charge in [-0.2, -0.15) is 0 Å². The highest BCUT2D eigenvalue weighted by atomic mass is 16.5. The van der Waals surface area contributed by atoms with Crippen molar-refractivity contribution in [3.05, 3.63) is 24.2 Å². The largest absolute Gasteiger partial charge is 0.459 e. The maximum absolute atomic E-state index is 12.9. The maximum Gasteiger partial charge on any atom is 0.325 e. The predicted octanol–water partition coefficient (Wildman–Crippen LogP) is 3.05. The summed E-state index contributed by atoms with van der Waals surface area (Å²) >= 11 is 0. The van der Waals surface area contributed by atoms with Gasteiger partial charge >= 0.3 is 5.97 Å². The Morgan fingerprint density at radius 3 is 2.14 bits per heavy atom. The number of hydrogen-bond acceptors (Lipinski definition) is 5. The van der Waals surface area contributed by atoms with Gasteiger partial charge in [0.1, 0.15) is 6.54 Å². The van der Waals surface area contributed by atoms with Crippen LogP contribution in [0, 0.1) is 0 Å². The number of esters is 1. The summed E-state index contributed by atoms with van der Waals surface area (Å²) in [6, 6.07) is 3.64. The summed E-state index contributed by atoms with van der Waals surface area (Å²) < 4.78 is 10.1. The van der Waals surface area contributed by atoms with Gasteiger partial charge in [-0.1, -0.05) is 38.5 Å². The highest BCUT2D eigenvalue weighted by molar-refractivity contribution is 5.93. The lowest BCUT2D eigenvalue weighted by atomic mass is 9.88. The van der Waals surface area contributed by atoms with Crippen molar-refractivity contribution in [3.63, 3.8) is 0 Å². The molecule has 28 heavy (non-hydrogen) atoms. The van der Waals surface area contributed by atoms with Gasteiger partial charge in [-0.25, -0.2) is 0 Å². The van der Waals surface area contributed by atoms with E-state index in [1.165, 1.54) is 25.2 Å². The molecule has 2 aliphatic carbocycles.